The van der Waals surface area contributed by atoms with Crippen LogP contribution in [0, 0.1) is 0 Å². The van der Waals surface area contributed by atoms with E-state index in [1.807, 2.05) is 6.92 Å². The van der Waals surface area contributed by atoms with E-state index in [0.29, 0.717) is 29.7 Å². The minimum absolute atomic E-state index is 0.0781. The summed E-state index contributed by atoms with van der Waals surface area (Å²) in [7, 11) is 0. The Morgan fingerprint density at radius 2 is 1.68 bits per heavy atom. The molecule has 2 aromatic carbocycles. The molecule has 8 nitrogen and oxygen atoms in total. The van der Waals surface area contributed by atoms with Crippen LogP contribution in [0.25, 0.3) is 16.6 Å². The lowest BCUT2D eigenvalue weighted by Gasteiger charge is -2.15. The number of hydrogen-bond donors (Lipinski definition) is 2. The smallest absolute Gasteiger partial charge is 0.336 e. The quantitative estimate of drug-likeness (QED) is 0.416. The number of nitrogens with zero attached hydrogens (tertiary/aromatic N) is 2. The number of fused-ring (bicyclic) bond motifs is 1. The van der Waals surface area contributed by atoms with Gasteiger partial charge in [0.05, 0.1) is 23.0 Å². The first kappa shape index (κ1) is 26.1. The molecule has 0 aliphatic heterocycles. The number of aromatic nitrogens is 2. The minimum Gasteiger partial charge on any atom is -0.356 e. The first-order chi connectivity index (χ1) is 18.0. The molecule has 1 heterocycles. The SMILES string of the molecule is CCCNC(=O)Cc1ccc(-n2c(=O)c3ccccc3n(CC(=O)NCCC3=CCCCC3)c2=O)cc1. The standard InChI is InChI=1S/C29H34N4O4/c1-2-17-30-26(34)19-22-12-14-23(15-13-22)33-28(36)24-10-6-7-11-25(24)32(29(33)37)20-27(35)31-18-16-21-8-4-3-5-9-21/h6-8,10-15H,2-5,9,16-20H2,1H3,(H,30,34)(H,31,35). The van der Waals surface area contributed by atoms with Crippen LogP contribution < -0.4 is 21.9 Å². The highest BCUT2D eigenvalue weighted by Gasteiger charge is 2.17. The number of benzene rings is 2. The van der Waals surface area contributed by atoms with Crippen molar-refractivity contribution >= 4 is 22.7 Å². The lowest BCUT2D eigenvalue weighted by atomic mass is 9.97. The Morgan fingerprint density at radius 3 is 2.41 bits per heavy atom. The van der Waals surface area contributed by atoms with Crippen LogP contribution in [-0.2, 0) is 22.6 Å². The van der Waals surface area contributed by atoms with Gasteiger partial charge in [0, 0.05) is 13.1 Å². The highest BCUT2D eigenvalue weighted by molar-refractivity contribution is 5.82. The van der Waals surface area contributed by atoms with E-state index in [4.69, 9.17) is 0 Å². The molecule has 1 aromatic heterocycles. The molecule has 0 atom stereocenters. The Labute approximate surface area is 216 Å². The molecular formula is C29H34N4O4. The number of allylic oxidation sites excluding steroid dienone is 1. The molecule has 0 fully saturated rings. The van der Waals surface area contributed by atoms with Crippen LogP contribution in [0.1, 0.15) is 51.0 Å². The Bertz CT molecular complexity index is 1420. The average Bonchev–Trinajstić information content (AvgIpc) is 2.91. The van der Waals surface area contributed by atoms with Gasteiger partial charge < -0.3 is 10.6 Å². The van der Waals surface area contributed by atoms with Crippen LogP contribution in [0.15, 0.2) is 69.8 Å². The summed E-state index contributed by atoms with van der Waals surface area (Å²) in [6.07, 6.45) is 8.73. The predicted octanol–water partition coefficient (Wildman–Crippen LogP) is 3.23. The fourth-order valence-electron chi connectivity index (χ4n) is 4.67. The third-order valence-corrected chi connectivity index (χ3v) is 6.64. The summed E-state index contributed by atoms with van der Waals surface area (Å²) in [5.41, 5.74) is 1.92. The Hall–Kier alpha value is -3.94. The zero-order chi connectivity index (χ0) is 26.2. The van der Waals surface area contributed by atoms with Crippen molar-refractivity contribution in [3.05, 3.63) is 86.6 Å². The molecule has 4 rings (SSSR count). The van der Waals surface area contributed by atoms with Gasteiger partial charge in [-0.15, -0.1) is 0 Å². The first-order valence-corrected chi connectivity index (χ1v) is 13.0. The van der Waals surface area contributed by atoms with Crippen LogP contribution in [0.2, 0.25) is 0 Å². The van der Waals surface area contributed by atoms with E-state index in [1.54, 1.807) is 48.5 Å². The molecule has 0 unspecified atom stereocenters. The van der Waals surface area contributed by atoms with Gasteiger partial charge in [-0.05, 0) is 68.4 Å². The normalized spacial score (nSPS) is 13.3. The second-order valence-corrected chi connectivity index (χ2v) is 9.43. The van der Waals surface area contributed by atoms with Crippen molar-refractivity contribution in [1.29, 1.82) is 0 Å². The molecule has 194 valence electrons. The number of carbonyl (C=O) groups is 2. The maximum absolute atomic E-state index is 13.5. The second kappa shape index (κ2) is 12.3. The zero-order valence-electron chi connectivity index (χ0n) is 21.3. The third-order valence-electron chi connectivity index (χ3n) is 6.64. The summed E-state index contributed by atoms with van der Waals surface area (Å²) in [6, 6.07) is 13.6. The summed E-state index contributed by atoms with van der Waals surface area (Å²) in [6.45, 7) is 2.94. The van der Waals surface area contributed by atoms with Crippen molar-refractivity contribution in [2.75, 3.05) is 13.1 Å². The van der Waals surface area contributed by atoms with Crippen molar-refractivity contribution in [2.45, 2.75) is 58.4 Å². The van der Waals surface area contributed by atoms with Crippen molar-refractivity contribution in [3.8, 4) is 5.69 Å². The molecule has 0 spiro atoms. The van der Waals surface area contributed by atoms with E-state index in [-0.39, 0.29) is 24.8 Å². The molecule has 37 heavy (non-hydrogen) atoms. The van der Waals surface area contributed by atoms with E-state index in [1.165, 1.54) is 23.0 Å². The van der Waals surface area contributed by atoms with Crippen LogP contribution in [-0.4, -0.2) is 34.0 Å². The van der Waals surface area contributed by atoms with Gasteiger partial charge in [-0.1, -0.05) is 42.8 Å². The van der Waals surface area contributed by atoms with Crippen LogP contribution in [0.3, 0.4) is 0 Å². The molecule has 8 heteroatoms. The Morgan fingerprint density at radius 1 is 0.919 bits per heavy atom. The Kier molecular flexibility index (Phi) is 8.72. The molecule has 2 N–H and O–H groups in total. The monoisotopic (exact) mass is 502 g/mol. The number of rotatable bonds is 10. The highest BCUT2D eigenvalue weighted by Crippen LogP contribution is 2.19. The number of para-hydroxylation sites is 1. The van der Waals surface area contributed by atoms with Gasteiger partial charge in [0.2, 0.25) is 11.8 Å². The lowest BCUT2D eigenvalue weighted by molar-refractivity contribution is -0.122. The maximum atomic E-state index is 13.5. The maximum Gasteiger partial charge on any atom is 0.336 e. The van der Waals surface area contributed by atoms with Gasteiger partial charge in [0.15, 0.2) is 0 Å². The van der Waals surface area contributed by atoms with E-state index < -0.39 is 11.2 Å². The summed E-state index contributed by atoms with van der Waals surface area (Å²) >= 11 is 0. The predicted molar refractivity (Wildman–Crippen MR) is 145 cm³/mol. The van der Waals surface area contributed by atoms with Crippen molar-refractivity contribution < 1.29 is 9.59 Å². The molecule has 0 saturated heterocycles. The van der Waals surface area contributed by atoms with Gasteiger partial charge in [-0.25, -0.2) is 9.36 Å². The lowest BCUT2D eigenvalue weighted by Crippen LogP contribution is -2.42. The van der Waals surface area contributed by atoms with Crippen molar-refractivity contribution in [3.63, 3.8) is 0 Å². The number of amides is 2. The average molecular weight is 503 g/mol. The van der Waals surface area contributed by atoms with E-state index >= 15 is 0 Å². The second-order valence-electron chi connectivity index (χ2n) is 9.43. The molecule has 3 aromatic rings. The Balaban J connectivity index is 1.58. The van der Waals surface area contributed by atoms with E-state index in [0.717, 1.165) is 35.8 Å². The van der Waals surface area contributed by atoms with Gasteiger partial charge in [0.1, 0.15) is 6.54 Å². The van der Waals surface area contributed by atoms with Crippen LogP contribution in [0.5, 0.6) is 0 Å². The van der Waals surface area contributed by atoms with Crippen molar-refractivity contribution in [1.82, 2.24) is 19.8 Å². The van der Waals surface area contributed by atoms with Gasteiger partial charge in [0.25, 0.3) is 5.56 Å². The molecule has 1 aliphatic carbocycles. The number of hydrogen-bond acceptors (Lipinski definition) is 4. The van der Waals surface area contributed by atoms with Crippen molar-refractivity contribution in [2.24, 2.45) is 0 Å². The molecule has 2 amide bonds. The summed E-state index contributed by atoms with van der Waals surface area (Å²) < 4.78 is 2.43. The molecule has 0 bridgehead atoms. The number of carbonyl (C=O) groups excluding carboxylic acids is 2. The third kappa shape index (κ3) is 6.44. The summed E-state index contributed by atoms with van der Waals surface area (Å²) in [4.78, 5) is 51.6. The molecule has 0 saturated carbocycles. The van der Waals surface area contributed by atoms with Gasteiger partial charge >= 0.3 is 5.69 Å². The largest absolute Gasteiger partial charge is 0.356 e. The highest BCUT2D eigenvalue weighted by atomic mass is 16.2. The molecule has 1 aliphatic rings. The fourth-order valence-corrected chi connectivity index (χ4v) is 4.67. The molecule has 0 radical (unpaired) electrons. The van der Waals surface area contributed by atoms with E-state index in [2.05, 4.69) is 16.7 Å². The minimum atomic E-state index is -0.581. The summed E-state index contributed by atoms with van der Waals surface area (Å²) in [5, 5.41) is 6.11. The summed E-state index contributed by atoms with van der Waals surface area (Å²) in [5.74, 6) is -0.354. The molecular weight excluding hydrogens is 468 g/mol. The zero-order valence-corrected chi connectivity index (χ0v) is 21.3. The van der Waals surface area contributed by atoms with Gasteiger partial charge in [-0.2, -0.15) is 0 Å². The number of nitrogens with one attached hydrogen (secondary N) is 2. The fraction of sp³-hybridized carbons (Fsp3) is 0.379. The van der Waals surface area contributed by atoms with Gasteiger partial charge in [-0.3, -0.25) is 19.0 Å². The van der Waals surface area contributed by atoms with Crippen LogP contribution >= 0.6 is 0 Å². The first-order valence-electron chi connectivity index (χ1n) is 13.0. The topological polar surface area (TPSA) is 102 Å². The van der Waals surface area contributed by atoms with Crippen LogP contribution in [0.4, 0.5) is 0 Å². The van der Waals surface area contributed by atoms with E-state index in [9.17, 15) is 19.2 Å².